The summed E-state index contributed by atoms with van der Waals surface area (Å²) in [6.45, 7) is 15.8. The van der Waals surface area contributed by atoms with Gasteiger partial charge in [0.15, 0.2) is 8.32 Å². The monoisotopic (exact) mass is 266 g/mol. The Hall–Kier alpha value is 0.427. The van der Waals surface area contributed by atoms with Gasteiger partial charge in [-0.2, -0.15) is 0 Å². The molecule has 0 aromatic heterocycles. The summed E-state index contributed by atoms with van der Waals surface area (Å²) in [7, 11) is -1.73. The van der Waals surface area contributed by atoms with E-state index < -0.39 is 8.32 Å². The Labute approximate surface area is 107 Å². The van der Waals surface area contributed by atoms with Gasteiger partial charge < -0.3 is 9.16 Å². The minimum Gasteiger partial charge on any atom is -0.410 e. The van der Waals surface area contributed by atoms with Crippen LogP contribution in [0.15, 0.2) is 0 Å². The molecule has 2 nitrogen and oxygen atoms in total. The fraction of sp³-hybridized carbons (Fsp3) is 1.00. The number of hydrogen-bond donors (Lipinski definition) is 0. The van der Waals surface area contributed by atoms with Crippen molar-refractivity contribution in [2.75, 3.05) is 12.5 Å². The van der Waals surface area contributed by atoms with Crippen molar-refractivity contribution in [2.45, 2.75) is 65.0 Å². The summed E-state index contributed by atoms with van der Waals surface area (Å²) in [5.74, 6) is 0.499. The van der Waals surface area contributed by atoms with Crippen LogP contribution in [0.2, 0.25) is 18.1 Å². The van der Waals surface area contributed by atoms with Crippen LogP contribution in [0.5, 0.6) is 0 Å². The maximum atomic E-state index is 6.18. The summed E-state index contributed by atoms with van der Waals surface area (Å²) in [6.07, 6.45) is 0.249. The van der Waals surface area contributed by atoms with Crippen LogP contribution in [0.3, 0.4) is 0 Å². The van der Waals surface area contributed by atoms with Gasteiger partial charge in [0.2, 0.25) is 0 Å². The first kappa shape index (κ1) is 16.4. The van der Waals surface area contributed by atoms with E-state index in [0.717, 1.165) is 0 Å². The Morgan fingerprint density at radius 3 is 2.00 bits per heavy atom. The van der Waals surface area contributed by atoms with Gasteiger partial charge in [0.25, 0.3) is 0 Å². The van der Waals surface area contributed by atoms with Crippen molar-refractivity contribution in [3.8, 4) is 0 Å². The number of ether oxygens (including phenoxy) is 1. The molecule has 0 saturated carbocycles. The van der Waals surface area contributed by atoms with Crippen LogP contribution in [0.1, 0.15) is 34.6 Å². The van der Waals surface area contributed by atoms with Gasteiger partial charge in [-0.05, 0) is 32.0 Å². The third kappa shape index (κ3) is 5.67. The lowest BCUT2D eigenvalue weighted by Crippen LogP contribution is -2.45. The summed E-state index contributed by atoms with van der Waals surface area (Å²) in [5.41, 5.74) is 0. The SMILES string of the molecule is CC(C)OCC(CCl)O[Si](C)(C)C(C)(C)C. The molecule has 1 unspecified atom stereocenters. The van der Waals surface area contributed by atoms with E-state index in [1.54, 1.807) is 0 Å². The zero-order chi connectivity index (χ0) is 13.0. The first-order chi connectivity index (χ1) is 7.10. The smallest absolute Gasteiger partial charge is 0.192 e. The molecule has 0 bridgehead atoms. The molecule has 0 fully saturated rings. The summed E-state index contributed by atoms with van der Waals surface area (Å²) < 4.78 is 11.8. The molecule has 0 aliphatic heterocycles. The predicted molar refractivity (Wildman–Crippen MR) is 73.9 cm³/mol. The number of rotatable bonds is 6. The van der Waals surface area contributed by atoms with Crippen molar-refractivity contribution < 1.29 is 9.16 Å². The van der Waals surface area contributed by atoms with E-state index in [9.17, 15) is 0 Å². The molecular formula is C12H27ClO2Si. The minimum atomic E-state index is -1.73. The first-order valence-corrected chi connectivity index (χ1v) is 9.40. The average Bonchev–Trinajstić information content (AvgIpc) is 2.09. The van der Waals surface area contributed by atoms with E-state index in [0.29, 0.717) is 12.5 Å². The Balaban J connectivity index is 4.31. The standard InChI is InChI=1S/C12H27ClO2Si/c1-10(2)14-9-11(8-13)15-16(6,7)12(3,4)5/h10-11H,8-9H2,1-7H3. The molecule has 0 spiro atoms. The van der Waals surface area contributed by atoms with E-state index >= 15 is 0 Å². The quantitative estimate of drug-likeness (QED) is 0.534. The van der Waals surface area contributed by atoms with E-state index in [1.165, 1.54) is 0 Å². The van der Waals surface area contributed by atoms with Gasteiger partial charge in [-0.1, -0.05) is 20.8 Å². The number of halogens is 1. The zero-order valence-corrected chi connectivity index (χ0v) is 13.5. The minimum absolute atomic E-state index is 0.0185. The highest BCUT2D eigenvalue weighted by Crippen LogP contribution is 2.37. The molecular weight excluding hydrogens is 240 g/mol. The maximum absolute atomic E-state index is 6.18. The van der Waals surface area contributed by atoms with Crippen LogP contribution in [0.4, 0.5) is 0 Å². The van der Waals surface area contributed by atoms with Gasteiger partial charge in [0, 0.05) is 5.88 Å². The number of hydrogen-bond acceptors (Lipinski definition) is 2. The van der Waals surface area contributed by atoms with Gasteiger partial charge >= 0.3 is 0 Å². The van der Waals surface area contributed by atoms with E-state index in [-0.39, 0.29) is 17.2 Å². The molecule has 16 heavy (non-hydrogen) atoms. The molecule has 0 radical (unpaired) electrons. The van der Waals surface area contributed by atoms with Crippen molar-refractivity contribution in [1.29, 1.82) is 0 Å². The summed E-state index contributed by atoms with van der Waals surface area (Å²) in [6, 6.07) is 0. The van der Waals surface area contributed by atoms with Crippen LogP contribution >= 0.6 is 11.6 Å². The Morgan fingerprint density at radius 2 is 1.69 bits per heavy atom. The highest BCUT2D eigenvalue weighted by molar-refractivity contribution is 6.74. The van der Waals surface area contributed by atoms with Gasteiger partial charge in [-0.25, -0.2) is 0 Å². The molecule has 0 aliphatic rings. The molecule has 0 heterocycles. The molecule has 0 N–H and O–H groups in total. The van der Waals surface area contributed by atoms with Crippen LogP contribution in [-0.2, 0) is 9.16 Å². The normalized spacial score (nSPS) is 15.6. The van der Waals surface area contributed by atoms with Crippen molar-refractivity contribution in [2.24, 2.45) is 0 Å². The largest absolute Gasteiger partial charge is 0.410 e. The second kappa shape index (κ2) is 6.38. The zero-order valence-electron chi connectivity index (χ0n) is 11.8. The number of alkyl halides is 1. The second-order valence-electron chi connectivity index (χ2n) is 6.04. The third-order valence-electron chi connectivity index (χ3n) is 3.06. The van der Waals surface area contributed by atoms with Crippen LogP contribution < -0.4 is 0 Å². The molecule has 0 aliphatic carbocycles. The summed E-state index contributed by atoms with van der Waals surface area (Å²) in [5, 5.41) is 0.217. The van der Waals surface area contributed by atoms with Crippen molar-refractivity contribution in [1.82, 2.24) is 0 Å². The third-order valence-corrected chi connectivity index (χ3v) is 7.93. The van der Waals surface area contributed by atoms with Crippen molar-refractivity contribution in [3.05, 3.63) is 0 Å². The molecule has 4 heteroatoms. The van der Waals surface area contributed by atoms with Gasteiger partial charge in [-0.15, -0.1) is 11.6 Å². The highest BCUT2D eigenvalue weighted by atomic mass is 35.5. The Kier molecular flexibility index (Phi) is 6.55. The van der Waals surface area contributed by atoms with Crippen LogP contribution in [-0.4, -0.2) is 33.0 Å². The van der Waals surface area contributed by atoms with E-state index in [4.69, 9.17) is 20.8 Å². The highest BCUT2D eigenvalue weighted by Gasteiger charge is 2.39. The Morgan fingerprint density at radius 1 is 1.19 bits per heavy atom. The average molecular weight is 267 g/mol. The van der Waals surface area contributed by atoms with Crippen LogP contribution in [0, 0.1) is 0 Å². The van der Waals surface area contributed by atoms with E-state index in [2.05, 4.69) is 33.9 Å². The molecule has 1 atom stereocenters. The fourth-order valence-electron chi connectivity index (χ4n) is 1.00. The predicted octanol–water partition coefficient (Wildman–Crippen LogP) is 4.04. The summed E-state index contributed by atoms with van der Waals surface area (Å²) in [4.78, 5) is 0. The fourth-order valence-corrected chi connectivity index (χ4v) is 2.60. The lowest BCUT2D eigenvalue weighted by atomic mass is 10.2. The lowest BCUT2D eigenvalue weighted by Gasteiger charge is -2.38. The molecule has 0 aromatic carbocycles. The van der Waals surface area contributed by atoms with Crippen LogP contribution in [0.25, 0.3) is 0 Å². The molecule has 0 amide bonds. The van der Waals surface area contributed by atoms with Crippen molar-refractivity contribution in [3.63, 3.8) is 0 Å². The first-order valence-electron chi connectivity index (χ1n) is 5.95. The molecule has 98 valence electrons. The van der Waals surface area contributed by atoms with Gasteiger partial charge in [0.05, 0.1) is 18.8 Å². The topological polar surface area (TPSA) is 18.5 Å². The van der Waals surface area contributed by atoms with Gasteiger partial charge in [-0.3, -0.25) is 0 Å². The molecule has 0 aromatic rings. The molecule has 0 saturated heterocycles. The molecule has 0 rings (SSSR count). The van der Waals surface area contributed by atoms with Crippen molar-refractivity contribution >= 4 is 19.9 Å². The lowest BCUT2D eigenvalue weighted by molar-refractivity contribution is 0.0193. The maximum Gasteiger partial charge on any atom is 0.192 e. The Bertz CT molecular complexity index is 200. The summed E-state index contributed by atoms with van der Waals surface area (Å²) >= 11 is 5.92. The van der Waals surface area contributed by atoms with E-state index in [1.807, 2.05) is 13.8 Å². The van der Waals surface area contributed by atoms with Gasteiger partial charge in [0.1, 0.15) is 0 Å². The second-order valence-corrected chi connectivity index (χ2v) is 11.1.